The summed E-state index contributed by atoms with van der Waals surface area (Å²) in [5.74, 6) is -0.107. The van der Waals surface area contributed by atoms with Crippen LogP contribution < -0.4 is 9.88 Å². The second-order valence-corrected chi connectivity index (χ2v) is 7.61. The molecule has 1 aromatic heterocycles. The summed E-state index contributed by atoms with van der Waals surface area (Å²) in [6, 6.07) is 0. The highest BCUT2D eigenvalue weighted by Gasteiger charge is 2.10. The second-order valence-electron chi connectivity index (χ2n) is 6.58. The van der Waals surface area contributed by atoms with Crippen LogP contribution in [0.25, 0.3) is 12.2 Å². The molecule has 0 amide bonds. The topological polar surface area (TPSA) is 50.2 Å². The Bertz CT molecular complexity index is 665. The van der Waals surface area contributed by atoms with E-state index in [1.807, 2.05) is 0 Å². The fraction of sp³-hybridized carbons (Fsp3) is 0.579. The molecule has 0 unspecified atom stereocenters. The van der Waals surface area contributed by atoms with Crippen molar-refractivity contribution in [3.05, 3.63) is 26.0 Å². The SMILES string of the molecule is CC(C)C.CC/C=c1\sc(C(=O)O)n\c1=C\C1=C(C)CCCC1. The monoisotopic (exact) mass is 335 g/mol. The van der Waals surface area contributed by atoms with Gasteiger partial charge < -0.3 is 5.11 Å². The van der Waals surface area contributed by atoms with E-state index in [-0.39, 0.29) is 5.01 Å². The zero-order chi connectivity index (χ0) is 17.4. The number of hydrogen-bond donors (Lipinski definition) is 1. The molecular formula is C19H29NO2S. The van der Waals surface area contributed by atoms with E-state index in [0.29, 0.717) is 0 Å². The highest BCUT2D eigenvalue weighted by atomic mass is 32.1. The number of allylic oxidation sites excluding steroid dienone is 2. The van der Waals surface area contributed by atoms with Crippen LogP contribution in [0, 0.1) is 5.92 Å². The summed E-state index contributed by atoms with van der Waals surface area (Å²) >= 11 is 1.26. The van der Waals surface area contributed by atoms with Crippen LogP contribution in [0.5, 0.6) is 0 Å². The van der Waals surface area contributed by atoms with Crippen molar-refractivity contribution < 1.29 is 9.90 Å². The van der Waals surface area contributed by atoms with Gasteiger partial charge in [0.05, 0.1) is 9.88 Å². The Balaban J connectivity index is 0.000000593. The predicted molar refractivity (Wildman–Crippen MR) is 99.2 cm³/mol. The Morgan fingerprint density at radius 2 is 1.91 bits per heavy atom. The summed E-state index contributed by atoms with van der Waals surface area (Å²) < 4.78 is 0.978. The lowest BCUT2D eigenvalue weighted by atomic mass is 9.92. The van der Waals surface area contributed by atoms with E-state index in [9.17, 15) is 4.79 Å². The number of carboxylic acids is 1. The molecule has 0 saturated carbocycles. The van der Waals surface area contributed by atoms with Crippen LogP contribution in [0.4, 0.5) is 0 Å². The van der Waals surface area contributed by atoms with Crippen LogP contribution in [0.1, 0.15) is 76.5 Å². The molecule has 0 aromatic carbocycles. The maximum atomic E-state index is 11.0. The Morgan fingerprint density at radius 1 is 1.30 bits per heavy atom. The van der Waals surface area contributed by atoms with Crippen molar-refractivity contribution in [3.8, 4) is 0 Å². The smallest absolute Gasteiger partial charge is 0.365 e. The van der Waals surface area contributed by atoms with Gasteiger partial charge in [0.15, 0.2) is 0 Å². The van der Waals surface area contributed by atoms with E-state index in [0.717, 1.165) is 35.1 Å². The third-order valence-electron chi connectivity index (χ3n) is 3.36. The first-order chi connectivity index (χ1) is 10.8. The fourth-order valence-electron chi connectivity index (χ4n) is 2.31. The van der Waals surface area contributed by atoms with Crippen molar-refractivity contribution in [2.75, 3.05) is 0 Å². The fourth-order valence-corrected chi connectivity index (χ4v) is 3.21. The summed E-state index contributed by atoms with van der Waals surface area (Å²) in [5.41, 5.74) is 2.75. The second kappa shape index (κ2) is 9.66. The third-order valence-corrected chi connectivity index (χ3v) is 4.42. The molecule has 0 saturated heterocycles. The summed E-state index contributed by atoms with van der Waals surface area (Å²) in [4.78, 5) is 15.3. The van der Waals surface area contributed by atoms with Gasteiger partial charge in [0.25, 0.3) is 0 Å². The van der Waals surface area contributed by atoms with Gasteiger partial charge in [-0.25, -0.2) is 9.78 Å². The van der Waals surface area contributed by atoms with Crippen LogP contribution >= 0.6 is 11.3 Å². The van der Waals surface area contributed by atoms with Gasteiger partial charge in [-0.2, -0.15) is 0 Å². The molecule has 0 radical (unpaired) electrons. The molecule has 4 heteroatoms. The number of nitrogens with zero attached hydrogens (tertiary/aromatic N) is 1. The number of aromatic nitrogens is 1. The Kier molecular flexibility index (Phi) is 8.24. The highest BCUT2D eigenvalue weighted by molar-refractivity contribution is 7.11. The summed E-state index contributed by atoms with van der Waals surface area (Å²) in [6.07, 6.45) is 9.72. The number of carbonyl (C=O) groups is 1. The lowest BCUT2D eigenvalue weighted by molar-refractivity contribution is 0.0696. The van der Waals surface area contributed by atoms with E-state index in [1.54, 1.807) is 0 Å². The van der Waals surface area contributed by atoms with Crippen LogP contribution in [0.2, 0.25) is 0 Å². The molecule has 0 atom stereocenters. The number of carboxylic acid groups (broad SMARTS) is 1. The molecule has 2 rings (SSSR count). The Hall–Kier alpha value is -1.42. The first-order valence-electron chi connectivity index (χ1n) is 8.45. The molecular weight excluding hydrogens is 306 g/mol. The van der Waals surface area contributed by atoms with E-state index in [1.165, 1.54) is 35.3 Å². The quantitative estimate of drug-likeness (QED) is 0.892. The van der Waals surface area contributed by atoms with Crippen molar-refractivity contribution in [1.82, 2.24) is 4.98 Å². The van der Waals surface area contributed by atoms with Crippen molar-refractivity contribution in [2.45, 2.75) is 66.7 Å². The summed E-state index contributed by atoms with van der Waals surface area (Å²) in [6.45, 7) is 10.7. The molecule has 0 aliphatic heterocycles. The van der Waals surface area contributed by atoms with Gasteiger partial charge in [-0.05, 0) is 56.6 Å². The molecule has 3 nitrogen and oxygen atoms in total. The van der Waals surface area contributed by atoms with Crippen LogP contribution in [0.3, 0.4) is 0 Å². The lowest BCUT2D eigenvalue weighted by Gasteiger charge is -2.13. The van der Waals surface area contributed by atoms with Crippen molar-refractivity contribution in [2.24, 2.45) is 5.92 Å². The van der Waals surface area contributed by atoms with Crippen molar-refractivity contribution in [3.63, 3.8) is 0 Å². The van der Waals surface area contributed by atoms with E-state index in [2.05, 4.69) is 51.8 Å². The average Bonchev–Trinajstić information content (AvgIpc) is 2.85. The van der Waals surface area contributed by atoms with Gasteiger partial charge in [0.2, 0.25) is 5.01 Å². The lowest BCUT2D eigenvalue weighted by Crippen LogP contribution is -2.21. The molecule has 23 heavy (non-hydrogen) atoms. The minimum absolute atomic E-state index is 0.181. The normalized spacial score (nSPS) is 16.6. The molecule has 0 spiro atoms. The number of rotatable bonds is 3. The number of aromatic carboxylic acids is 1. The maximum Gasteiger partial charge on any atom is 0.365 e. The van der Waals surface area contributed by atoms with E-state index >= 15 is 0 Å². The van der Waals surface area contributed by atoms with Gasteiger partial charge in [-0.15, -0.1) is 11.3 Å². The number of hydrogen-bond acceptors (Lipinski definition) is 3. The molecule has 128 valence electrons. The average molecular weight is 336 g/mol. The maximum absolute atomic E-state index is 11.0. The van der Waals surface area contributed by atoms with Crippen molar-refractivity contribution >= 4 is 29.5 Å². The standard InChI is InChI=1S/C15H19NO2S.C4H10/c1-3-6-13-12(16-14(19-13)15(17)18)9-11-8-5-4-7-10(11)2;1-4(2)3/h6,9H,3-5,7-8H2,1-2H3,(H,17,18);4H,1-3H3/b12-9+,13-6-;. The minimum Gasteiger partial charge on any atom is -0.476 e. The van der Waals surface area contributed by atoms with Gasteiger partial charge in [0, 0.05) is 0 Å². The first-order valence-corrected chi connectivity index (χ1v) is 9.27. The number of thiazole rings is 1. The highest BCUT2D eigenvalue weighted by Crippen LogP contribution is 2.24. The van der Waals surface area contributed by atoms with Gasteiger partial charge in [0.1, 0.15) is 0 Å². The molecule has 1 N–H and O–H groups in total. The third kappa shape index (κ3) is 6.69. The van der Waals surface area contributed by atoms with Gasteiger partial charge in [-0.3, -0.25) is 0 Å². The van der Waals surface area contributed by atoms with Gasteiger partial charge >= 0.3 is 5.97 Å². The molecule has 1 heterocycles. The minimum atomic E-state index is -0.940. The molecule has 0 bridgehead atoms. The van der Waals surface area contributed by atoms with Gasteiger partial charge in [-0.1, -0.05) is 39.3 Å². The Labute approximate surface area is 143 Å². The molecule has 0 fully saturated rings. The van der Waals surface area contributed by atoms with Crippen LogP contribution in [-0.2, 0) is 0 Å². The Morgan fingerprint density at radius 3 is 2.43 bits per heavy atom. The zero-order valence-corrected chi connectivity index (χ0v) is 15.8. The van der Waals surface area contributed by atoms with E-state index < -0.39 is 5.97 Å². The predicted octanol–water partition coefficient (Wildman–Crippen LogP) is 4.37. The molecule has 1 aliphatic carbocycles. The largest absolute Gasteiger partial charge is 0.476 e. The first kappa shape index (κ1) is 19.6. The zero-order valence-electron chi connectivity index (χ0n) is 15.0. The molecule has 1 aromatic rings. The van der Waals surface area contributed by atoms with Crippen molar-refractivity contribution in [1.29, 1.82) is 0 Å². The summed E-state index contributed by atoms with van der Waals surface area (Å²) in [7, 11) is 0. The van der Waals surface area contributed by atoms with Crippen LogP contribution in [0.15, 0.2) is 11.1 Å². The summed E-state index contributed by atoms with van der Waals surface area (Å²) in [5, 5.41) is 10.1. The van der Waals surface area contributed by atoms with Crippen LogP contribution in [-0.4, -0.2) is 16.1 Å². The van der Waals surface area contributed by atoms with E-state index in [4.69, 9.17) is 5.11 Å². The molecule has 1 aliphatic rings.